The summed E-state index contributed by atoms with van der Waals surface area (Å²) in [6, 6.07) is 2.70. The largest absolute Gasteiger partial charge is 0.504 e. The predicted molar refractivity (Wildman–Crippen MR) is 46.8 cm³/mol. The lowest BCUT2D eigenvalue weighted by atomic mass is 10.2. The monoisotopic (exact) mass is 184 g/mol. The van der Waals surface area contributed by atoms with Crippen molar-refractivity contribution in [3.63, 3.8) is 0 Å². The van der Waals surface area contributed by atoms with E-state index in [1.165, 1.54) is 12.1 Å². The number of ether oxygens (including phenoxy) is 1. The highest BCUT2D eigenvalue weighted by Gasteiger charge is 2.07. The molecule has 4 heteroatoms. The summed E-state index contributed by atoms with van der Waals surface area (Å²) in [4.78, 5) is 0. The van der Waals surface area contributed by atoms with Crippen LogP contribution in [0.5, 0.6) is 17.2 Å². The van der Waals surface area contributed by atoms with Crippen LogP contribution in [0.2, 0.25) is 0 Å². The molecule has 0 aliphatic rings. The lowest BCUT2D eigenvalue weighted by Crippen LogP contribution is -1.91. The molecule has 3 N–H and O–H groups in total. The Morgan fingerprint density at radius 1 is 1.15 bits per heavy atom. The van der Waals surface area contributed by atoms with Crippen LogP contribution in [0.1, 0.15) is 12.5 Å². The average Bonchev–Trinajstić information content (AvgIpc) is 2.10. The van der Waals surface area contributed by atoms with Crippen molar-refractivity contribution in [3.05, 3.63) is 17.7 Å². The molecule has 0 fully saturated rings. The molecular formula is C9H12O4. The van der Waals surface area contributed by atoms with Crippen LogP contribution in [0.3, 0.4) is 0 Å². The highest BCUT2D eigenvalue weighted by atomic mass is 16.5. The molecule has 0 spiro atoms. The van der Waals surface area contributed by atoms with Gasteiger partial charge < -0.3 is 20.1 Å². The van der Waals surface area contributed by atoms with E-state index in [1.54, 1.807) is 0 Å². The van der Waals surface area contributed by atoms with Gasteiger partial charge in [0.05, 0.1) is 6.61 Å². The summed E-state index contributed by atoms with van der Waals surface area (Å²) in [6.45, 7) is 2.71. The molecule has 0 bridgehead atoms. The number of hydrogen-bond donors (Lipinski definition) is 3. The normalized spacial score (nSPS) is 10.2. The highest BCUT2D eigenvalue weighted by Crippen LogP contribution is 2.35. The van der Waals surface area contributed by atoms with Gasteiger partial charge in [-0.25, -0.2) is 0 Å². The summed E-state index contributed by atoms with van der Waals surface area (Å²) in [5.74, 6) is -1.18. The highest BCUT2D eigenvalue weighted by molar-refractivity contribution is 5.50. The van der Waals surface area contributed by atoms with Crippen molar-refractivity contribution in [2.75, 3.05) is 6.61 Å². The van der Waals surface area contributed by atoms with Gasteiger partial charge in [0.1, 0.15) is 0 Å². The van der Waals surface area contributed by atoms with Gasteiger partial charge in [0.15, 0.2) is 17.2 Å². The molecule has 0 radical (unpaired) electrons. The maximum absolute atomic E-state index is 9.11. The van der Waals surface area contributed by atoms with E-state index >= 15 is 0 Å². The first-order valence-corrected chi connectivity index (χ1v) is 3.96. The van der Waals surface area contributed by atoms with Crippen molar-refractivity contribution in [2.45, 2.75) is 13.5 Å². The van der Waals surface area contributed by atoms with Crippen LogP contribution in [-0.2, 0) is 11.3 Å². The fourth-order valence-electron chi connectivity index (χ4n) is 0.964. The maximum atomic E-state index is 9.11. The van der Waals surface area contributed by atoms with Crippen LogP contribution in [0.15, 0.2) is 12.1 Å². The Morgan fingerprint density at radius 3 is 2.15 bits per heavy atom. The standard InChI is InChI=1S/C9H12O4/c1-2-13-5-6-3-7(10)9(12)8(11)4-6/h3-4,10-12H,2,5H2,1H3. The predicted octanol–water partition coefficient (Wildman–Crippen LogP) is 1.34. The SMILES string of the molecule is CCOCc1cc(O)c(O)c(O)c1. The van der Waals surface area contributed by atoms with E-state index in [4.69, 9.17) is 20.1 Å². The van der Waals surface area contributed by atoms with Gasteiger partial charge in [-0.15, -0.1) is 0 Å². The third-order valence-corrected chi connectivity index (χ3v) is 1.60. The molecule has 72 valence electrons. The van der Waals surface area contributed by atoms with Crippen LogP contribution < -0.4 is 0 Å². The van der Waals surface area contributed by atoms with Crippen molar-refractivity contribution in [1.82, 2.24) is 0 Å². The number of hydrogen-bond acceptors (Lipinski definition) is 4. The number of rotatable bonds is 3. The van der Waals surface area contributed by atoms with Gasteiger partial charge in [0, 0.05) is 6.61 Å². The molecule has 13 heavy (non-hydrogen) atoms. The molecule has 0 saturated carbocycles. The molecular weight excluding hydrogens is 172 g/mol. The summed E-state index contributed by atoms with van der Waals surface area (Å²) < 4.78 is 5.07. The Morgan fingerprint density at radius 2 is 1.69 bits per heavy atom. The summed E-state index contributed by atoms with van der Waals surface area (Å²) in [6.07, 6.45) is 0. The van der Waals surface area contributed by atoms with Crippen molar-refractivity contribution < 1.29 is 20.1 Å². The molecule has 0 heterocycles. The number of aromatic hydroxyl groups is 3. The fourth-order valence-corrected chi connectivity index (χ4v) is 0.964. The van der Waals surface area contributed by atoms with Gasteiger partial charge in [0.2, 0.25) is 0 Å². The van der Waals surface area contributed by atoms with E-state index in [1.807, 2.05) is 6.92 Å². The number of phenolic OH excluding ortho intramolecular Hbond substituents is 3. The Hall–Kier alpha value is -1.42. The Balaban J connectivity index is 2.86. The molecule has 0 aliphatic heterocycles. The molecule has 1 aromatic carbocycles. The molecule has 0 unspecified atom stereocenters. The molecule has 0 atom stereocenters. The maximum Gasteiger partial charge on any atom is 0.200 e. The van der Waals surface area contributed by atoms with Gasteiger partial charge in [-0.05, 0) is 24.6 Å². The van der Waals surface area contributed by atoms with Crippen LogP contribution >= 0.6 is 0 Å². The zero-order valence-electron chi connectivity index (χ0n) is 7.32. The second kappa shape index (κ2) is 4.00. The average molecular weight is 184 g/mol. The lowest BCUT2D eigenvalue weighted by Gasteiger charge is -2.05. The van der Waals surface area contributed by atoms with Gasteiger partial charge >= 0.3 is 0 Å². The third-order valence-electron chi connectivity index (χ3n) is 1.60. The summed E-state index contributed by atoms with van der Waals surface area (Å²) in [7, 11) is 0. The van der Waals surface area contributed by atoms with E-state index in [0.717, 1.165) is 0 Å². The first kappa shape index (κ1) is 9.67. The Kier molecular flexibility index (Phi) is 2.97. The van der Waals surface area contributed by atoms with Crippen LogP contribution in [0, 0.1) is 0 Å². The summed E-state index contributed by atoms with van der Waals surface area (Å²) >= 11 is 0. The van der Waals surface area contributed by atoms with Gasteiger partial charge in [-0.3, -0.25) is 0 Å². The Bertz CT molecular complexity index is 273. The van der Waals surface area contributed by atoms with Gasteiger partial charge in [-0.2, -0.15) is 0 Å². The van der Waals surface area contributed by atoms with Gasteiger partial charge in [0.25, 0.3) is 0 Å². The Labute approximate surface area is 76.0 Å². The van der Waals surface area contributed by atoms with Crippen molar-refractivity contribution in [1.29, 1.82) is 0 Å². The lowest BCUT2D eigenvalue weighted by molar-refractivity contribution is 0.133. The van der Waals surface area contributed by atoms with Crippen LogP contribution in [0.4, 0.5) is 0 Å². The smallest absolute Gasteiger partial charge is 0.200 e. The molecule has 4 nitrogen and oxygen atoms in total. The van der Waals surface area contributed by atoms with Crippen molar-refractivity contribution in [3.8, 4) is 17.2 Å². The minimum absolute atomic E-state index is 0.303. The van der Waals surface area contributed by atoms with E-state index in [-0.39, 0.29) is 11.5 Å². The van der Waals surface area contributed by atoms with E-state index in [9.17, 15) is 0 Å². The zero-order chi connectivity index (χ0) is 9.84. The fraction of sp³-hybridized carbons (Fsp3) is 0.333. The topological polar surface area (TPSA) is 69.9 Å². The number of phenols is 3. The molecule has 0 aliphatic carbocycles. The number of benzene rings is 1. The second-order valence-electron chi connectivity index (χ2n) is 2.62. The summed E-state index contributed by atoms with van der Waals surface area (Å²) in [5, 5.41) is 27.2. The molecule has 0 aromatic heterocycles. The quantitative estimate of drug-likeness (QED) is 0.620. The first-order valence-electron chi connectivity index (χ1n) is 3.96. The minimum Gasteiger partial charge on any atom is -0.504 e. The van der Waals surface area contributed by atoms with E-state index in [0.29, 0.717) is 18.8 Å². The van der Waals surface area contributed by atoms with E-state index in [2.05, 4.69) is 0 Å². The molecule has 0 saturated heterocycles. The van der Waals surface area contributed by atoms with Gasteiger partial charge in [-0.1, -0.05) is 0 Å². The second-order valence-corrected chi connectivity index (χ2v) is 2.62. The van der Waals surface area contributed by atoms with Crippen molar-refractivity contribution in [2.24, 2.45) is 0 Å². The molecule has 0 amide bonds. The zero-order valence-corrected chi connectivity index (χ0v) is 7.32. The van der Waals surface area contributed by atoms with Crippen molar-refractivity contribution >= 4 is 0 Å². The van der Waals surface area contributed by atoms with Crippen LogP contribution in [-0.4, -0.2) is 21.9 Å². The minimum atomic E-state index is -0.500. The third kappa shape index (κ3) is 2.26. The summed E-state index contributed by atoms with van der Waals surface area (Å²) in [5.41, 5.74) is 0.620. The first-order chi connectivity index (χ1) is 6.15. The van der Waals surface area contributed by atoms with E-state index < -0.39 is 5.75 Å². The molecule has 1 aromatic rings. The van der Waals surface area contributed by atoms with Crippen LogP contribution in [0.25, 0.3) is 0 Å². The molecule has 1 rings (SSSR count).